The van der Waals surface area contributed by atoms with Gasteiger partial charge in [-0.15, -0.1) is 0 Å². The lowest BCUT2D eigenvalue weighted by Crippen LogP contribution is -1.99. The van der Waals surface area contributed by atoms with Crippen molar-refractivity contribution in [1.29, 1.82) is 0 Å². The van der Waals surface area contributed by atoms with E-state index in [0.717, 1.165) is 37.6 Å². The van der Waals surface area contributed by atoms with Gasteiger partial charge in [-0.3, -0.25) is 0 Å². The second kappa shape index (κ2) is 29.5. The molecule has 0 amide bonds. The van der Waals surface area contributed by atoms with Crippen LogP contribution in [0.1, 0.15) is 216 Å². The third kappa shape index (κ3) is 16.6. The summed E-state index contributed by atoms with van der Waals surface area (Å²) in [6.45, 7) is 6.16. The Kier molecular flexibility index (Phi) is 23.2. The topological polar surface area (TPSA) is 18.5 Å². The van der Waals surface area contributed by atoms with E-state index in [-0.39, 0.29) is 0 Å². The molecule has 0 fully saturated rings. The monoisotopic (exact) mass is 811 g/mol. The van der Waals surface area contributed by atoms with Gasteiger partial charge < -0.3 is 9.47 Å². The minimum atomic E-state index is 0.785. The van der Waals surface area contributed by atoms with E-state index in [1.165, 1.54) is 211 Å². The van der Waals surface area contributed by atoms with Crippen LogP contribution in [0.2, 0.25) is 0 Å². The number of hydrogen-bond acceptors (Lipinski definition) is 2. The molecular weight excluding hydrogens is 729 g/mol. The van der Waals surface area contributed by atoms with E-state index >= 15 is 0 Å². The molecular formula is C58H82O2. The molecule has 0 aliphatic heterocycles. The summed E-state index contributed by atoms with van der Waals surface area (Å²) in [4.78, 5) is 0. The van der Waals surface area contributed by atoms with Gasteiger partial charge in [0.1, 0.15) is 11.5 Å². The van der Waals surface area contributed by atoms with E-state index in [1.807, 2.05) is 0 Å². The maximum absolute atomic E-state index is 6.28. The van der Waals surface area contributed by atoms with Gasteiger partial charge in [0.15, 0.2) is 0 Å². The van der Waals surface area contributed by atoms with Crippen LogP contribution in [-0.4, -0.2) is 13.2 Å². The van der Waals surface area contributed by atoms with Crippen LogP contribution in [0.25, 0.3) is 22.3 Å². The fourth-order valence-corrected chi connectivity index (χ4v) is 9.15. The first kappa shape index (κ1) is 47.3. The maximum atomic E-state index is 6.28. The van der Waals surface area contributed by atoms with Crippen LogP contribution < -0.4 is 9.47 Å². The molecule has 1 aliphatic carbocycles. The van der Waals surface area contributed by atoms with Crippen molar-refractivity contribution in [3.05, 3.63) is 119 Å². The SMILES string of the molecule is CCCCCCCCCCCCCCCCOc1ccc(C(=C2c3ccccc3-c3ccccc32)c2ccc(OCCCCCCCCCCCCCCCC)cc2)cc1. The molecule has 0 atom stereocenters. The second-order valence-corrected chi connectivity index (χ2v) is 17.8. The minimum absolute atomic E-state index is 0.785. The molecule has 0 N–H and O–H groups in total. The van der Waals surface area contributed by atoms with Crippen molar-refractivity contribution in [2.75, 3.05) is 13.2 Å². The number of hydrogen-bond donors (Lipinski definition) is 0. The summed E-state index contributed by atoms with van der Waals surface area (Å²) in [6, 6.07) is 35.5. The van der Waals surface area contributed by atoms with E-state index in [4.69, 9.17) is 9.47 Å². The maximum Gasteiger partial charge on any atom is 0.119 e. The molecule has 60 heavy (non-hydrogen) atoms. The Morgan fingerprint density at radius 2 is 0.567 bits per heavy atom. The summed E-state index contributed by atoms with van der Waals surface area (Å²) in [6.07, 6.45) is 38.4. The average molecular weight is 811 g/mol. The highest BCUT2D eigenvalue weighted by Gasteiger charge is 2.27. The lowest BCUT2D eigenvalue weighted by Gasteiger charge is -2.16. The summed E-state index contributed by atoms with van der Waals surface area (Å²) in [5.74, 6) is 1.91. The lowest BCUT2D eigenvalue weighted by atomic mass is 9.88. The molecule has 0 spiro atoms. The Hall–Kier alpha value is -3.78. The van der Waals surface area contributed by atoms with Crippen molar-refractivity contribution >= 4 is 11.1 Å². The first-order valence-electron chi connectivity index (χ1n) is 25.2. The number of rotatable bonds is 34. The quantitative estimate of drug-likeness (QED) is 0.0385. The van der Waals surface area contributed by atoms with Crippen molar-refractivity contribution < 1.29 is 9.47 Å². The van der Waals surface area contributed by atoms with Gasteiger partial charge in [0, 0.05) is 0 Å². The molecule has 0 saturated carbocycles. The Labute approximate surface area is 368 Å². The Morgan fingerprint density at radius 3 is 0.867 bits per heavy atom. The van der Waals surface area contributed by atoms with Gasteiger partial charge in [0.25, 0.3) is 0 Å². The molecule has 1 aliphatic rings. The number of unbranched alkanes of at least 4 members (excludes halogenated alkanes) is 26. The van der Waals surface area contributed by atoms with Gasteiger partial charge in [-0.2, -0.15) is 0 Å². The highest BCUT2D eigenvalue weighted by atomic mass is 16.5. The summed E-state index contributed by atoms with van der Waals surface area (Å²) in [5, 5.41) is 0. The lowest BCUT2D eigenvalue weighted by molar-refractivity contribution is 0.304. The molecule has 0 unspecified atom stereocenters. The third-order valence-electron chi connectivity index (χ3n) is 12.8. The van der Waals surface area contributed by atoms with Crippen molar-refractivity contribution in [3.63, 3.8) is 0 Å². The smallest absolute Gasteiger partial charge is 0.119 e. The standard InChI is InChI=1S/C58H82O2/c1-3-5-7-9-11-13-15-17-19-21-23-25-27-33-47-59-51-43-39-49(40-44-51)57(58-55-37-31-29-35-53(55)54-36-30-32-38-56(54)58)50-41-45-52(46-42-50)60-48-34-28-26-24-22-20-18-16-14-12-10-8-6-4-2/h29-32,35-46H,3-28,33-34,47-48H2,1-2H3. The molecule has 0 radical (unpaired) electrons. The van der Waals surface area contributed by atoms with Crippen LogP contribution in [0.4, 0.5) is 0 Å². The molecule has 2 heteroatoms. The predicted molar refractivity (Wildman–Crippen MR) is 261 cm³/mol. The normalized spacial score (nSPS) is 11.8. The van der Waals surface area contributed by atoms with Crippen LogP contribution in [0.5, 0.6) is 11.5 Å². The zero-order chi connectivity index (χ0) is 41.7. The molecule has 0 bridgehead atoms. The van der Waals surface area contributed by atoms with Crippen LogP contribution in [0, 0.1) is 0 Å². The number of fused-ring (bicyclic) bond motifs is 3. The van der Waals surface area contributed by atoms with Gasteiger partial charge in [-0.05, 0) is 81.6 Å². The van der Waals surface area contributed by atoms with E-state index in [9.17, 15) is 0 Å². The Bertz CT molecular complexity index is 1600. The van der Waals surface area contributed by atoms with Crippen molar-refractivity contribution in [1.82, 2.24) is 0 Å². The number of benzene rings is 4. The zero-order valence-electron chi connectivity index (χ0n) is 38.3. The second-order valence-electron chi connectivity index (χ2n) is 17.8. The fourth-order valence-electron chi connectivity index (χ4n) is 9.15. The molecule has 5 rings (SSSR count). The first-order valence-corrected chi connectivity index (χ1v) is 25.2. The van der Waals surface area contributed by atoms with E-state index < -0.39 is 0 Å². The van der Waals surface area contributed by atoms with Gasteiger partial charge in [-0.1, -0.05) is 254 Å². The Balaban J connectivity index is 1.08. The van der Waals surface area contributed by atoms with Gasteiger partial charge in [0.05, 0.1) is 13.2 Å². The minimum Gasteiger partial charge on any atom is -0.494 e. The molecule has 4 aromatic rings. The highest BCUT2D eigenvalue weighted by molar-refractivity contribution is 6.13. The zero-order valence-corrected chi connectivity index (χ0v) is 38.3. The van der Waals surface area contributed by atoms with E-state index in [2.05, 4.69) is 111 Å². The van der Waals surface area contributed by atoms with E-state index in [0.29, 0.717) is 0 Å². The van der Waals surface area contributed by atoms with Gasteiger partial charge in [-0.25, -0.2) is 0 Å². The van der Waals surface area contributed by atoms with Gasteiger partial charge >= 0.3 is 0 Å². The molecule has 4 aromatic carbocycles. The molecule has 2 nitrogen and oxygen atoms in total. The third-order valence-corrected chi connectivity index (χ3v) is 12.8. The van der Waals surface area contributed by atoms with E-state index in [1.54, 1.807) is 0 Å². The van der Waals surface area contributed by atoms with Crippen LogP contribution >= 0.6 is 0 Å². The molecule has 0 saturated heterocycles. The van der Waals surface area contributed by atoms with Gasteiger partial charge in [0.2, 0.25) is 0 Å². The summed E-state index contributed by atoms with van der Waals surface area (Å²) in [7, 11) is 0. The average Bonchev–Trinajstić information content (AvgIpc) is 3.61. The highest BCUT2D eigenvalue weighted by Crippen LogP contribution is 2.49. The van der Waals surface area contributed by atoms with Crippen molar-refractivity contribution in [2.24, 2.45) is 0 Å². The largest absolute Gasteiger partial charge is 0.494 e. The van der Waals surface area contributed by atoms with Crippen molar-refractivity contribution in [2.45, 2.75) is 194 Å². The van der Waals surface area contributed by atoms with Crippen LogP contribution in [-0.2, 0) is 0 Å². The molecule has 0 aromatic heterocycles. The fraction of sp³-hybridized carbons (Fsp3) is 0.552. The Morgan fingerprint density at radius 1 is 0.300 bits per heavy atom. The molecule has 0 heterocycles. The van der Waals surface area contributed by atoms with Crippen LogP contribution in [0.15, 0.2) is 97.1 Å². The summed E-state index contributed by atoms with van der Waals surface area (Å²) >= 11 is 0. The van der Waals surface area contributed by atoms with Crippen LogP contribution in [0.3, 0.4) is 0 Å². The molecule has 326 valence electrons. The summed E-state index contributed by atoms with van der Waals surface area (Å²) < 4.78 is 12.6. The first-order chi connectivity index (χ1) is 29.8. The number of ether oxygens (including phenoxy) is 2. The summed E-state index contributed by atoms with van der Waals surface area (Å²) in [5.41, 5.74) is 10.2. The van der Waals surface area contributed by atoms with Crippen molar-refractivity contribution in [3.8, 4) is 22.6 Å². The predicted octanol–water partition coefficient (Wildman–Crippen LogP) is 18.4.